The summed E-state index contributed by atoms with van der Waals surface area (Å²) in [6.45, 7) is 0. The summed E-state index contributed by atoms with van der Waals surface area (Å²) in [6, 6.07) is 7.40. The summed E-state index contributed by atoms with van der Waals surface area (Å²) in [5, 5.41) is 11.5. The maximum atomic E-state index is 13.5. The standard InChI is InChI=1S/C13H10F2N2O2/c14-7-1-3-8(4-2-7)17-12-6-10(15)9(13(18)19)5-11(12)16/h1-6,17H,16H2,(H,18,19). The van der Waals surface area contributed by atoms with Crippen LogP contribution in [0.3, 0.4) is 0 Å². The van der Waals surface area contributed by atoms with E-state index in [0.717, 1.165) is 12.1 Å². The minimum Gasteiger partial charge on any atom is -0.478 e. The van der Waals surface area contributed by atoms with Crippen LogP contribution in [-0.4, -0.2) is 11.1 Å². The molecule has 0 atom stereocenters. The highest BCUT2D eigenvalue weighted by Crippen LogP contribution is 2.26. The first-order valence-electron chi connectivity index (χ1n) is 5.32. The monoisotopic (exact) mass is 264 g/mol. The highest BCUT2D eigenvalue weighted by molar-refractivity contribution is 5.91. The van der Waals surface area contributed by atoms with Crippen LogP contribution < -0.4 is 11.1 Å². The van der Waals surface area contributed by atoms with Crippen LogP contribution in [0, 0.1) is 11.6 Å². The van der Waals surface area contributed by atoms with Crippen molar-refractivity contribution in [2.45, 2.75) is 0 Å². The molecule has 2 rings (SSSR count). The molecule has 2 aromatic rings. The molecule has 2 aromatic carbocycles. The second kappa shape index (κ2) is 4.93. The average Bonchev–Trinajstić information content (AvgIpc) is 2.35. The van der Waals surface area contributed by atoms with E-state index in [9.17, 15) is 13.6 Å². The number of rotatable bonds is 3. The molecule has 0 aliphatic rings. The lowest BCUT2D eigenvalue weighted by atomic mass is 10.1. The summed E-state index contributed by atoms with van der Waals surface area (Å²) in [5.41, 5.74) is 5.95. The van der Waals surface area contributed by atoms with Crippen molar-refractivity contribution in [2.75, 3.05) is 11.1 Å². The number of nitrogens with one attached hydrogen (secondary N) is 1. The fraction of sp³-hybridized carbons (Fsp3) is 0. The molecule has 0 fully saturated rings. The van der Waals surface area contributed by atoms with Gasteiger partial charge in [0, 0.05) is 11.8 Å². The number of aromatic carboxylic acids is 1. The molecule has 4 N–H and O–H groups in total. The summed E-state index contributed by atoms with van der Waals surface area (Å²) >= 11 is 0. The zero-order valence-corrected chi connectivity index (χ0v) is 9.65. The lowest BCUT2D eigenvalue weighted by molar-refractivity contribution is 0.0692. The van der Waals surface area contributed by atoms with E-state index in [-0.39, 0.29) is 11.4 Å². The van der Waals surface area contributed by atoms with Crippen LogP contribution in [-0.2, 0) is 0 Å². The number of hydrogen-bond donors (Lipinski definition) is 3. The third kappa shape index (κ3) is 2.79. The first-order valence-corrected chi connectivity index (χ1v) is 5.32. The number of nitrogens with two attached hydrogens (primary N) is 1. The summed E-state index contributed by atoms with van der Waals surface area (Å²) < 4.78 is 26.2. The van der Waals surface area contributed by atoms with E-state index in [0.29, 0.717) is 5.69 Å². The summed E-state index contributed by atoms with van der Waals surface area (Å²) in [6.07, 6.45) is 0. The van der Waals surface area contributed by atoms with Crippen molar-refractivity contribution in [3.8, 4) is 0 Å². The van der Waals surface area contributed by atoms with Gasteiger partial charge in [-0.05, 0) is 30.3 Å². The summed E-state index contributed by atoms with van der Waals surface area (Å²) in [7, 11) is 0. The molecule has 0 amide bonds. The summed E-state index contributed by atoms with van der Waals surface area (Å²) in [4.78, 5) is 10.7. The first kappa shape index (κ1) is 12.8. The third-order valence-electron chi connectivity index (χ3n) is 2.49. The van der Waals surface area contributed by atoms with Crippen LogP contribution >= 0.6 is 0 Å². The van der Waals surface area contributed by atoms with Gasteiger partial charge >= 0.3 is 5.97 Å². The number of carbonyl (C=O) groups is 1. The molecule has 0 saturated heterocycles. The third-order valence-corrected chi connectivity index (χ3v) is 2.49. The summed E-state index contributed by atoms with van der Waals surface area (Å²) in [5.74, 6) is -2.69. The Bertz CT molecular complexity index is 627. The van der Waals surface area contributed by atoms with Crippen molar-refractivity contribution in [3.05, 3.63) is 53.6 Å². The predicted molar refractivity (Wildman–Crippen MR) is 67.5 cm³/mol. The van der Waals surface area contributed by atoms with Gasteiger partial charge < -0.3 is 16.2 Å². The molecule has 0 heterocycles. The van der Waals surface area contributed by atoms with Crippen molar-refractivity contribution < 1.29 is 18.7 Å². The Morgan fingerprint density at radius 1 is 1.16 bits per heavy atom. The van der Waals surface area contributed by atoms with E-state index in [1.807, 2.05) is 0 Å². The van der Waals surface area contributed by atoms with Gasteiger partial charge in [-0.25, -0.2) is 13.6 Å². The van der Waals surface area contributed by atoms with Gasteiger partial charge in [-0.1, -0.05) is 0 Å². The van der Waals surface area contributed by atoms with Crippen molar-refractivity contribution in [1.82, 2.24) is 0 Å². The molecule has 0 saturated carbocycles. The number of halogens is 2. The molecular formula is C13H10F2N2O2. The Labute approximate surface area is 107 Å². The van der Waals surface area contributed by atoms with Crippen LogP contribution in [0.15, 0.2) is 36.4 Å². The lowest BCUT2D eigenvalue weighted by Gasteiger charge is -2.10. The van der Waals surface area contributed by atoms with Crippen LogP contribution in [0.2, 0.25) is 0 Å². The molecule has 4 nitrogen and oxygen atoms in total. The highest BCUT2D eigenvalue weighted by atomic mass is 19.1. The molecule has 0 bridgehead atoms. The largest absolute Gasteiger partial charge is 0.478 e. The van der Waals surface area contributed by atoms with Gasteiger partial charge in [0.05, 0.1) is 16.9 Å². The van der Waals surface area contributed by atoms with Crippen molar-refractivity contribution in [1.29, 1.82) is 0 Å². The molecule has 0 radical (unpaired) electrons. The number of carboxylic acids is 1. The van der Waals surface area contributed by atoms with E-state index in [1.165, 1.54) is 24.3 Å². The second-order valence-corrected chi connectivity index (χ2v) is 3.86. The number of benzene rings is 2. The van der Waals surface area contributed by atoms with Crippen molar-refractivity contribution in [2.24, 2.45) is 0 Å². The number of hydrogen-bond acceptors (Lipinski definition) is 3. The smallest absolute Gasteiger partial charge is 0.338 e. The van der Waals surface area contributed by atoms with Crippen LogP contribution in [0.5, 0.6) is 0 Å². The van der Waals surface area contributed by atoms with Gasteiger partial charge in [0.15, 0.2) is 0 Å². The Morgan fingerprint density at radius 3 is 2.37 bits per heavy atom. The zero-order chi connectivity index (χ0) is 14.0. The fourth-order valence-corrected chi connectivity index (χ4v) is 1.55. The van der Waals surface area contributed by atoms with Gasteiger partial charge in [-0.3, -0.25) is 0 Å². The SMILES string of the molecule is Nc1cc(C(=O)O)c(F)cc1Nc1ccc(F)cc1. The van der Waals surface area contributed by atoms with E-state index in [1.54, 1.807) is 0 Å². The van der Waals surface area contributed by atoms with E-state index in [4.69, 9.17) is 10.8 Å². The Balaban J connectivity index is 2.33. The van der Waals surface area contributed by atoms with E-state index in [2.05, 4.69) is 5.32 Å². The van der Waals surface area contributed by atoms with Gasteiger partial charge in [0.25, 0.3) is 0 Å². The number of anilines is 3. The topological polar surface area (TPSA) is 75.4 Å². The normalized spacial score (nSPS) is 10.2. The van der Waals surface area contributed by atoms with Crippen molar-refractivity contribution in [3.63, 3.8) is 0 Å². The van der Waals surface area contributed by atoms with Gasteiger partial charge in [0.1, 0.15) is 11.6 Å². The Kier molecular flexibility index (Phi) is 3.33. The maximum Gasteiger partial charge on any atom is 0.338 e. The van der Waals surface area contributed by atoms with E-state index < -0.39 is 23.2 Å². The molecular weight excluding hydrogens is 254 g/mol. The lowest BCUT2D eigenvalue weighted by Crippen LogP contribution is -2.05. The van der Waals surface area contributed by atoms with Gasteiger partial charge in [0.2, 0.25) is 0 Å². The first-order chi connectivity index (χ1) is 8.97. The highest BCUT2D eigenvalue weighted by Gasteiger charge is 2.13. The molecule has 6 heteroatoms. The Morgan fingerprint density at radius 2 is 1.79 bits per heavy atom. The maximum absolute atomic E-state index is 13.5. The minimum atomic E-state index is -1.39. The van der Waals surface area contributed by atoms with E-state index >= 15 is 0 Å². The quantitative estimate of drug-likeness (QED) is 0.745. The van der Waals surface area contributed by atoms with Crippen LogP contribution in [0.4, 0.5) is 25.8 Å². The number of carboxylic acid groups (broad SMARTS) is 1. The van der Waals surface area contributed by atoms with Gasteiger partial charge in [-0.15, -0.1) is 0 Å². The second-order valence-electron chi connectivity index (χ2n) is 3.86. The fourth-order valence-electron chi connectivity index (χ4n) is 1.55. The molecule has 0 aromatic heterocycles. The zero-order valence-electron chi connectivity index (χ0n) is 9.65. The van der Waals surface area contributed by atoms with Crippen molar-refractivity contribution >= 4 is 23.0 Å². The molecule has 0 unspecified atom stereocenters. The number of nitrogen functional groups attached to an aromatic ring is 1. The predicted octanol–water partition coefficient (Wildman–Crippen LogP) is 2.99. The molecule has 19 heavy (non-hydrogen) atoms. The minimum absolute atomic E-state index is 0.0862. The Hall–Kier alpha value is -2.63. The average molecular weight is 264 g/mol. The molecule has 0 spiro atoms. The van der Waals surface area contributed by atoms with Crippen LogP contribution in [0.25, 0.3) is 0 Å². The van der Waals surface area contributed by atoms with Crippen LogP contribution in [0.1, 0.15) is 10.4 Å². The molecule has 0 aliphatic heterocycles. The molecule has 98 valence electrons. The van der Waals surface area contributed by atoms with Gasteiger partial charge in [-0.2, -0.15) is 0 Å². The molecule has 0 aliphatic carbocycles.